The normalized spacial score (nSPS) is 13.1. The molecule has 1 aliphatic rings. The molecule has 0 radical (unpaired) electrons. The van der Waals surface area contributed by atoms with E-state index < -0.39 is 0 Å². The van der Waals surface area contributed by atoms with Crippen molar-refractivity contribution in [2.75, 3.05) is 11.1 Å². The number of aromatic nitrogens is 2. The number of carbonyl (C=O) groups excluding carboxylic acids is 1. The Morgan fingerprint density at radius 3 is 2.76 bits per heavy atom. The van der Waals surface area contributed by atoms with Crippen LogP contribution < -0.4 is 11.0 Å². The zero-order valence-electron chi connectivity index (χ0n) is 15.7. The van der Waals surface area contributed by atoms with Crippen LogP contribution in [0.3, 0.4) is 0 Å². The van der Waals surface area contributed by atoms with Gasteiger partial charge in [0.05, 0.1) is 18.6 Å². The molecule has 0 unspecified atom stereocenters. The summed E-state index contributed by atoms with van der Waals surface area (Å²) >= 11 is 4.70. The van der Waals surface area contributed by atoms with Gasteiger partial charge in [-0.2, -0.15) is 4.98 Å². The topological polar surface area (TPSA) is 77.1 Å². The fourth-order valence-corrected chi connectivity index (χ4v) is 4.59. The maximum atomic E-state index is 12.7. The van der Waals surface area contributed by atoms with Crippen LogP contribution in [0.1, 0.15) is 29.9 Å². The molecule has 0 fully saturated rings. The molecular weight excluding hydrogens is 454 g/mol. The van der Waals surface area contributed by atoms with Gasteiger partial charge in [0.15, 0.2) is 0 Å². The average Bonchev–Trinajstić information content (AvgIpc) is 3.24. The van der Waals surface area contributed by atoms with E-state index in [1.807, 2.05) is 36.4 Å². The quantitative estimate of drug-likeness (QED) is 0.427. The van der Waals surface area contributed by atoms with Gasteiger partial charge in [0.1, 0.15) is 10.8 Å². The average molecular weight is 474 g/mol. The summed E-state index contributed by atoms with van der Waals surface area (Å²) in [5.74, 6) is 0.816. The van der Waals surface area contributed by atoms with Crippen molar-refractivity contribution in [2.45, 2.75) is 37.3 Å². The van der Waals surface area contributed by atoms with Crippen molar-refractivity contribution in [2.24, 2.45) is 0 Å². The van der Waals surface area contributed by atoms with Crippen LogP contribution in [0.15, 0.2) is 61.4 Å². The first-order valence-corrected chi connectivity index (χ1v) is 11.2. The third kappa shape index (κ3) is 4.82. The van der Waals surface area contributed by atoms with Crippen LogP contribution >= 0.6 is 27.7 Å². The summed E-state index contributed by atoms with van der Waals surface area (Å²) in [4.78, 5) is 29.3. The molecule has 2 aromatic heterocycles. The molecular formula is C21H20BrN3O3S. The second-order valence-electron chi connectivity index (χ2n) is 6.84. The molecule has 0 aliphatic heterocycles. The first-order valence-electron chi connectivity index (χ1n) is 9.43. The van der Waals surface area contributed by atoms with Crippen LogP contribution in [0, 0.1) is 0 Å². The molecule has 8 heteroatoms. The number of benzene rings is 1. The number of anilines is 1. The lowest BCUT2D eigenvalue weighted by atomic mass is 9.97. The number of nitrogens with zero attached hydrogens (tertiary/aromatic N) is 2. The number of fused-ring (bicyclic) bond motifs is 1. The molecule has 2 heterocycles. The molecule has 1 N–H and O–H groups in total. The Kier molecular flexibility index (Phi) is 6.20. The predicted molar refractivity (Wildman–Crippen MR) is 116 cm³/mol. The largest absolute Gasteiger partial charge is 0.467 e. The Balaban J connectivity index is 1.51. The van der Waals surface area contributed by atoms with Gasteiger partial charge in [0.2, 0.25) is 5.91 Å². The van der Waals surface area contributed by atoms with Gasteiger partial charge in [-0.1, -0.05) is 27.7 Å². The fourth-order valence-electron chi connectivity index (χ4n) is 3.45. The minimum Gasteiger partial charge on any atom is -0.467 e. The molecule has 0 bridgehead atoms. The molecule has 0 saturated carbocycles. The molecule has 6 nitrogen and oxygen atoms in total. The van der Waals surface area contributed by atoms with Crippen LogP contribution in [0.5, 0.6) is 0 Å². The van der Waals surface area contributed by atoms with E-state index in [0.717, 1.165) is 52.9 Å². The van der Waals surface area contributed by atoms with Gasteiger partial charge < -0.3 is 9.73 Å². The number of nitrogens with one attached hydrogen (secondary N) is 1. The summed E-state index contributed by atoms with van der Waals surface area (Å²) in [5, 5.41) is 3.54. The molecule has 0 spiro atoms. The molecule has 29 heavy (non-hydrogen) atoms. The lowest BCUT2D eigenvalue weighted by molar-refractivity contribution is -0.113. The Hall–Kier alpha value is -2.32. The second-order valence-corrected chi connectivity index (χ2v) is 8.72. The number of rotatable bonds is 6. The van der Waals surface area contributed by atoms with Crippen LogP contribution in [0.4, 0.5) is 5.69 Å². The van der Waals surface area contributed by atoms with Gasteiger partial charge in [-0.3, -0.25) is 9.36 Å². The van der Waals surface area contributed by atoms with Crippen LogP contribution in [0.2, 0.25) is 0 Å². The predicted octanol–water partition coefficient (Wildman–Crippen LogP) is 4.26. The van der Waals surface area contributed by atoms with E-state index in [9.17, 15) is 9.59 Å². The summed E-state index contributed by atoms with van der Waals surface area (Å²) in [5.41, 5.74) is 2.55. The minimum atomic E-state index is -0.294. The third-order valence-corrected chi connectivity index (χ3v) is 6.36. The van der Waals surface area contributed by atoms with E-state index in [0.29, 0.717) is 11.6 Å². The van der Waals surface area contributed by atoms with E-state index in [-0.39, 0.29) is 17.3 Å². The molecule has 0 saturated heterocycles. The number of hydrogen-bond acceptors (Lipinski definition) is 5. The van der Waals surface area contributed by atoms with E-state index in [1.54, 1.807) is 10.8 Å². The van der Waals surface area contributed by atoms with E-state index in [2.05, 4.69) is 26.2 Å². The Labute approximate surface area is 180 Å². The molecule has 150 valence electrons. The van der Waals surface area contributed by atoms with Crippen molar-refractivity contribution >= 4 is 39.3 Å². The molecule has 4 rings (SSSR count). The molecule has 0 atom stereocenters. The second kappa shape index (κ2) is 9.00. The molecule has 3 aromatic rings. The first-order chi connectivity index (χ1) is 14.1. The Bertz CT molecular complexity index is 1060. The van der Waals surface area contributed by atoms with Crippen molar-refractivity contribution in [3.8, 4) is 0 Å². The van der Waals surface area contributed by atoms with Crippen LogP contribution in [0.25, 0.3) is 0 Å². The highest BCUT2D eigenvalue weighted by atomic mass is 79.9. The summed E-state index contributed by atoms with van der Waals surface area (Å²) < 4.78 is 8.07. The van der Waals surface area contributed by atoms with Gasteiger partial charge >= 0.3 is 5.69 Å². The zero-order valence-corrected chi connectivity index (χ0v) is 18.1. The van der Waals surface area contributed by atoms with Crippen LogP contribution in [-0.2, 0) is 24.2 Å². The van der Waals surface area contributed by atoms with Crippen molar-refractivity contribution < 1.29 is 9.21 Å². The lowest BCUT2D eigenvalue weighted by Crippen LogP contribution is -2.30. The smallest absolute Gasteiger partial charge is 0.349 e. The summed E-state index contributed by atoms with van der Waals surface area (Å²) in [6.07, 6.45) is 5.42. The summed E-state index contributed by atoms with van der Waals surface area (Å²) in [6.45, 7) is 0.385. The van der Waals surface area contributed by atoms with E-state index >= 15 is 0 Å². The van der Waals surface area contributed by atoms with Crippen LogP contribution in [-0.4, -0.2) is 21.2 Å². The Morgan fingerprint density at radius 1 is 1.21 bits per heavy atom. The SMILES string of the molecule is O=C(CSc1nc(=O)n(Cc2ccco2)c2c1CCCC2)Nc1ccc(Br)cc1. The third-order valence-electron chi connectivity index (χ3n) is 4.81. The van der Waals surface area contributed by atoms with Gasteiger partial charge in [-0.25, -0.2) is 4.79 Å². The van der Waals surface area contributed by atoms with Crippen molar-refractivity contribution in [1.82, 2.24) is 9.55 Å². The number of hydrogen-bond donors (Lipinski definition) is 1. The number of thioether (sulfide) groups is 1. The number of carbonyl (C=O) groups is 1. The number of amides is 1. The lowest BCUT2D eigenvalue weighted by Gasteiger charge is -2.22. The molecule has 1 aliphatic carbocycles. The van der Waals surface area contributed by atoms with Crippen molar-refractivity contribution in [3.63, 3.8) is 0 Å². The molecule has 1 amide bonds. The van der Waals surface area contributed by atoms with Gasteiger partial charge in [-0.05, 0) is 62.1 Å². The standard InChI is InChI=1S/C21H20BrN3O3S/c22-14-7-9-15(10-8-14)23-19(26)13-29-20-17-5-1-2-6-18(17)25(21(27)24-20)12-16-4-3-11-28-16/h3-4,7-11H,1-2,5-6,12-13H2,(H,23,26). The monoisotopic (exact) mass is 473 g/mol. The van der Waals surface area contributed by atoms with E-state index in [4.69, 9.17) is 4.42 Å². The van der Waals surface area contributed by atoms with Gasteiger partial charge in [0.25, 0.3) is 0 Å². The summed E-state index contributed by atoms with van der Waals surface area (Å²) in [6, 6.07) is 11.1. The highest BCUT2D eigenvalue weighted by Gasteiger charge is 2.21. The fraction of sp³-hybridized carbons (Fsp3) is 0.286. The highest BCUT2D eigenvalue weighted by Crippen LogP contribution is 2.29. The highest BCUT2D eigenvalue weighted by molar-refractivity contribution is 9.10. The van der Waals surface area contributed by atoms with Gasteiger partial charge in [0, 0.05) is 21.4 Å². The minimum absolute atomic E-state index is 0.122. The Morgan fingerprint density at radius 2 is 2.00 bits per heavy atom. The first kappa shape index (κ1) is 20.0. The molecule has 1 aromatic carbocycles. The van der Waals surface area contributed by atoms with Gasteiger partial charge in [-0.15, -0.1) is 0 Å². The summed E-state index contributed by atoms with van der Waals surface area (Å²) in [7, 11) is 0. The maximum absolute atomic E-state index is 12.7. The van der Waals surface area contributed by atoms with E-state index in [1.165, 1.54) is 11.8 Å². The zero-order chi connectivity index (χ0) is 20.2. The van der Waals surface area contributed by atoms with Crippen molar-refractivity contribution in [3.05, 3.63) is 74.6 Å². The number of furan rings is 1. The van der Waals surface area contributed by atoms with Crippen molar-refractivity contribution in [1.29, 1.82) is 0 Å². The number of halogens is 1. The maximum Gasteiger partial charge on any atom is 0.349 e.